The second-order valence-electron chi connectivity index (χ2n) is 5.81. The number of aliphatic hydroxyl groups excluding tert-OH is 1. The molecule has 22 heavy (non-hydrogen) atoms. The van der Waals surface area contributed by atoms with Crippen LogP contribution < -0.4 is 4.74 Å². The van der Waals surface area contributed by atoms with Crippen molar-refractivity contribution in [3.63, 3.8) is 0 Å². The van der Waals surface area contributed by atoms with Crippen LogP contribution in [-0.2, 0) is 0 Å². The van der Waals surface area contributed by atoms with Gasteiger partial charge in [0, 0.05) is 11.6 Å². The van der Waals surface area contributed by atoms with E-state index in [1.165, 1.54) is 0 Å². The van der Waals surface area contributed by atoms with Gasteiger partial charge in [-0.15, -0.1) is 0 Å². The number of rotatable bonds is 6. The van der Waals surface area contributed by atoms with Crippen LogP contribution in [0.4, 0.5) is 0 Å². The van der Waals surface area contributed by atoms with Gasteiger partial charge in [0.1, 0.15) is 11.5 Å². The van der Waals surface area contributed by atoms with Crippen molar-refractivity contribution in [2.75, 3.05) is 20.6 Å². The minimum atomic E-state index is -0.480. The summed E-state index contributed by atoms with van der Waals surface area (Å²) in [5, 5.41) is 11.0. The number of nitrogens with zero attached hydrogens (tertiary/aromatic N) is 1. The highest BCUT2D eigenvalue weighted by Gasteiger charge is 2.17. The summed E-state index contributed by atoms with van der Waals surface area (Å²) in [6, 6.07) is 14.8. The SMILES string of the molecule is CC(CN(C)C)C(O)c1ccc(Oc2ccc(Cl)cc2)cc1. The van der Waals surface area contributed by atoms with Crippen molar-refractivity contribution >= 4 is 11.6 Å². The van der Waals surface area contributed by atoms with Gasteiger partial charge in [0.2, 0.25) is 0 Å². The van der Waals surface area contributed by atoms with E-state index in [4.69, 9.17) is 16.3 Å². The van der Waals surface area contributed by atoms with Crippen LogP contribution in [0.5, 0.6) is 11.5 Å². The zero-order chi connectivity index (χ0) is 16.1. The Bertz CT molecular complexity index is 581. The maximum absolute atomic E-state index is 10.4. The van der Waals surface area contributed by atoms with Crippen LogP contribution in [0, 0.1) is 5.92 Å². The highest BCUT2D eigenvalue weighted by molar-refractivity contribution is 6.30. The average Bonchev–Trinajstić information content (AvgIpc) is 2.49. The first-order valence-electron chi connectivity index (χ1n) is 7.32. The van der Waals surface area contributed by atoms with Gasteiger partial charge in [-0.2, -0.15) is 0 Å². The van der Waals surface area contributed by atoms with E-state index >= 15 is 0 Å². The van der Waals surface area contributed by atoms with Gasteiger partial charge in [-0.3, -0.25) is 0 Å². The summed E-state index contributed by atoms with van der Waals surface area (Å²) < 4.78 is 5.74. The smallest absolute Gasteiger partial charge is 0.127 e. The van der Waals surface area contributed by atoms with Crippen molar-refractivity contribution in [2.24, 2.45) is 5.92 Å². The molecule has 0 aliphatic heterocycles. The molecule has 2 atom stereocenters. The molecule has 0 spiro atoms. The second-order valence-corrected chi connectivity index (χ2v) is 6.25. The van der Waals surface area contributed by atoms with Gasteiger partial charge in [0.25, 0.3) is 0 Å². The summed E-state index contributed by atoms with van der Waals surface area (Å²) in [5.41, 5.74) is 0.901. The number of halogens is 1. The summed E-state index contributed by atoms with van der Waals surface area (Å²) in [7, 11) is 4.01. The highest BCUT2D eigenvalue weighted by atomic mass is 35.5. The molecule has 0 aliphatic carbocycles. The molecule has 0 aromatic heterocycles. The minimum absolute atomic E-state index is 0.165. The van der Waals surface area contributed by atoms with Crippen molar-refractivity contribution in [2.45, 2.75) is 13.0 Å². The van der Waals surface area contributed by atoms with Crippen LogP contribution in [0.2, 0.25) is 5.02 Å². The predicted octanol–water partition coefficient (Wildman–Crippen LogP) is 4.36. The van der Waals surface area contributed by atoms with Crippen molar-refractivity contribution in [3.05, 3.63) is 59.1 Å². The van der Waals surface area contributed by atoms with Crippen molar-refractivity contribution in [3.8, 4) is 11.5 Å². The lowest BCUT2D eigenvalue weighted by Gasteiger charge is -2.22. The van der Waals surface area contributed by atoms with E-state index in [1.807, 2.05) is 57.4 Å². The molecule has 0 saturated heterocycles. The van der Waals surface area contributed by atoms with E-state index < -0.39 is 6.10 Å². The first-order valence-corrected chi connectivity index (χ1v) is 7.69. The number of aliphatic hydroxyl groups is 1. The van der Waals surface area contributed by atoms with Crippen LogP contribution in [0.3, 0.4) is 0 Å². The molecular formula is C18H22ClNO2. The Hall–Kier alpha value is -1.55. The van der Waals surface area contributed by atoms with Gasteiger partial charge >= 0.3 is 0 Å². The van der Waals surface area contributed by atoms with E-state index in [9.17, 15) is 5.11 Å². The quantitative estimate of drug-likeness (QED) is 0.858. The highest BCUT2D eigenvalue weighted by Crippen LogP contribution is 2.27. The summed E-state index contributed by atoms with van der Waals surface area (Å²) in [6.45, 7) is 2.88. The topological polar surface area (TPSA) is 32.7 Å². The molecule has 0 saturated carbocycles. The van der Waals surface area contributed by atoms with Crippen molar-refractivity contribution < 1.29 is 9.84 Å². The number of hydrogen-bond acceptors (Lipinski definition) is 3. The minimum Gasteiger partial charge on any atom is -0.457 e. The van der Waals surface area contributed by atoms with E-state index in [0.29, 0.717) is 5.02 Å². The van der Waals surface area contributed by atoms with Gasteiger partial charge in [0.05, 0.1) is 6.10 Å². The largest absolute Gasteiger partial charge is 0.457 e. The van der Waals surface area contributed by atoms with Crippen LogP contribution >= 0.6 is 11.6 Å². The Labute approximate surface area is 137 Å². The predicted molar refractivity (Wildman–Crippen MR) is 90.6 cm³/mol. The lowest BCUT2D eigenvalue weighted by Crippen LogP contribution is -2.24. The molecular weight excluding hydrogens is 298 g/mol. The Morgan fingerprint density at radius 3 is 2.00 bits per heavy atom. The van der Waals surface area contributed by atoms with Gasteiger partial charge < -0.3 is 14.7 Å². The van der Waals surface area contributed by atoms with Crippen LogP contribution in [-0.4, -0.2) is 30.6 Å². The fourth-order valence-electron chi connectivity index (χ4n) is 2.38. The Balaban J connectivity index is 2.02. The molecule has 0 aliphatic rings. The van der Waals surface area contributed by atoms with Gasteiger partial charge in [-0.1, -0.05) is 30.7 Å². The van der Waals surface area contributed by atoms with Gasteiger partial charge in [-0.25, -0.2) is 0 Å². The summed E-state index contributed by atoms with van der Waals surface area (Å²) in [5.74, 6) is 1.63. The first-order chi connectivity index (χ1) is 10.5. The molecule has 1 N–H and O–H groups in total. The van der Waals surface area contributed by atoms with E-state index in [0.717, 1.165) is 23.6 Å². The normalized spacial score (nSPS) is 13.9. The molecule has 0 amide bonds. The van der Waals surface area contributed by atoms with E-state index in [2.05, 4.69) is 4.90 Å². The Kier molecular flexibility index (Phi) is 5.83. The third-order valence-electron chi connectivity index (χ3n) is 3.46. The van der Waals surface area contributed by atoms with Gasteiger partial charge in [-0.05, 0) is 62.0 Å². The molecule has 4 heteroatoms. The molecule has 2 aromatic rings. The molecule has 3 nitrogen and oxygen atoms in total. The maximum atomic E-state index is 10.4. The number of ether oxygens (including phenoxy) is 1. The standard InChI is InChI=1S/C18H22ClNO2/c1-13(12-20(2)3)18(21)14-4-8-16(9-5-14)22-17-10-6-15(19)7-11-17/h4-11,13,18,21H,12H2,1-3H3. The fraction of sp³-hybridized carbons (Fsp3) is 0.333. The maximum Gasteiger partial charge on any atom is 0.127 e. The number of hydrogen-bond donors (Lipinski definition) is 1. The first kappa shape index (κ1) is 16.8. The van der Waals surface area contributed by atoms with Crippen molar-refractivity contribution in [1.29, 1.82) is 0 Å². The second kappa shape index (κ2) is 7.63. The molecule has 0 bridgehead atoms. The van der Waals surface area contributed by atoms with Crippen molar-refractivity contribution in [1.82, 2.24) is 4.90 Å². The van der Waals surface area contributed by atoms with Crippen LogP contribution in [0.25, 0.3) is 0 Å². The fourth-order valence-corrected chi connectivity index (χ4v) is 2.50. The summed E-state index contributed by atoms with van der Waals surface area (Å²) >= 11 is 5.85. The van der Waals surface area contributed by atoms with Crippen LogP contribution in [0.15, 0.2) is 48.5 Å². The third kappa shape index (κ3) is 4.73. The molecule has 0 fully saturated rings. The summed E-state index contributed by atoms with van der Waals surface area (Å²) in [6.07, 6.45) is -0.480. The van der Waals surface area contributed by atoms with E-state index in [1.54, 1.807) is 12.1 Å². The zero-order valence-electron chi connectivity index (χ0n) is 13.2. The Morgan fingerprint density at radius 2 is 1.50 bits per heavy atom. The van der Waals surface area contributed by atoms with Crippen LogP contribution in [0.1, 0.15) is 18.6 Å². The molecule has 0 heterocycles. The molecule has 2 aromatic carbocycles. The molecule has 2 unspecified atom stereocenters. The Morgan fingerprint density at radius 1 is 1.00 bits per heavy atom. The average molecular weight is 320 g/mol. The summed E-state index contributed by atoms with van der Waals surface area (Å²) in [4.78, 5) is 2.08. The molecule has 2 rings (SSSR count). The lowest BCUT2D eigenvalue weighted by atomic mass is 9.97. The van der Waals surface area contributed by atoms with Gasteiger partial charge in [0.15, 0.2) is 0 Å². The molecule has 0 radical (unpaired) electrons. The lowest BCUT2D eigenvalue weighted by molar-refractivity contribution is 0.100. The monoisotopic (exact) mass is 319 g/mol. The zero-order valence-corrected chi connectivity index (χ0v) is 13.9. The van der Waals surface area contributed by atoms with E-state index in [-0.39, 0.29) is 5.92 Å². The third-order valence-corrected chi connectivity index (χ3v) is 3.72. The molecule has 118 valence electrons. The number of benzene rings is 2.